The number of hydrogen-bond donors (Lipinski definition) is 1. The van der Waals surface area contributed by atoms with Gasteiger partial charge in [0, 0.05) is 26.2 Å². The van der Waals surface area contributed by atoms with Crippen LogP contribution in [0.4, 0.5) is 0 Å². The molecule has 122 valence electrons. The monoisotopic (exact) mass is 314 g/mol. The van der Waals surface area contributed by atoms with E-state index in [0.29, 0.717) is 11.3 Å². The van der Waals surface area contributed by atoms with Crippen molar-refractivity contribution in [1.82, 2.24) is 9.80 Å². The molecule has 23 heavy (non-hydrogen) atoms. The summed E-state index contributed by atoms with van der Waals surface area (Å²) in [4.78, 5) is 16.7. The molecule has 2 heterocycles. The molecule has 0 radical (unpaired) electrons. The zero-order chi connectivity index (χ0) is 16.1. The van der Waals surface area contributed by atoms with E-state index in [1.165, 1.54) is 18.1 Å². The summed E-state index contributed by atoms with van der Waals surface area (Å²) in [6.07, 6.45) is 4.99. The quantitative estimate of drug-likeness (QED) is 0.941. The third kappa shape index (κ3) is 4.13. The fourth-order valence-electron chi connectivity index (χ4n) is 2.92. The fraction of sp³-hybridized carbons (Fsp3) is 0.389. The van der Waals surface area contributed by atoms with Crippen LogP contribution < -0.4 is 0 Å². The summed E-state index contributed by atoms with van der Waals surface area (Å²) in [6, 6.07) is 9.09. The van der Waals surface area contributed by atoms with E-state index in [0.717, 1.165) is 45.6 Å². The molecule has 1 aromatic carbocycles. The first-order valence-corrected chi connectivity index (χ1v) is 8.04. The van der Waals surface area contributed by atoms with Gasteiger partial charge in [-0.2, -0.15) is 0 Å². The average molecular weight is 314 g/mol. The van der Waals surface area contributed by atoms with E-state index in [9.17, 15) is 9.90 Å². The van der Waals surface area contributed by atoms with Gasteiger partial charge in [-0.15, -0.1) is 0 Å². The summed E-state index contributed by atoms with van der Waals surface area (Å²) < 4.78 is 5.00. The van der Waals surface area contributed by atoms with Gasteiger partial charge in [0.25, 0.3) is 5.91 Å². The van der Waals surface area contributed by atoms with Crippen LogP contribution in [0.5, 0.6) is 5.75 Å². The molecule has 0 bridgehead atoms. The molecular weight excluding hydrogens is 292 g/mol. The summed E-state index contributed by atoms with van der Waals surface area (Å²) in [6.45, 7) is 4.41. The van der Waals surface area contributed by atoms with Gasteiger partial charge >= 0.3 is 0 Å². The topological polar surface area (TPSA) is 56.9 Å². The van der Waals surface area contributed by atoms with Crippen molar-refractivity contribution in [3.63, 3.8) is 0 Å². The van der Waals surface area contributed by atoms with E-state index in [4.69, 9.17) is 4.42 Å². The van der Waals surface area contributed by atoms with E-state index in [-0.39, 0.29) is 5.91 Å². The number of phenols is 1. The Morgan fingerprint density at radius 2 is 1.91 bits per heavy atom. The van der Waals surface area contributed by atoms with Crippen molar-refractivity contribution >= 4 is 5.91 Å². The minimum Gasteiger partial charge on any atom is -0.508 e. The van der Waals surface area contributed by atoms with Crippen molar-refractivity contribution in [1.29, 1.82) is 0 Å². The van der Waals surface area contributed by atoms with Gasteiger partial charge in [-0.1, -0.05) is 12.1 Å². The maximum atomic E-state index is 12.4. The van der Waals surface area contributed by atoms with Gasteiger partial charge in [0.15, 0.2) is 0 Å². The highest BCUT2D eigenvalue weighted by atomic mass is 16.3. The Kier molecular flexibility index (Phi) is 4.98. The second-order valence-electron chi connectivity index (χ2n) is 5.92. The molecule has 1 fully saturated rings. The molecule has 0 aliphatic carbocycles. The third-order valence-electron chi connectivity index (χ3n) is 4.30. The Hall–Kier alpha value is -2.27. The first-order valence-electron chi connectivity index (χ1n) is 8.04. The first-order chi connectivity index (χ1) is 11.2. The smallest absolute Gasteiger partial charge is 0.257 e. The lowest BCUT2D eigenvalue weighted by molar-refractivity contribution is 0.0761. The summed E-state index contributed by atoms with van der Waals surface area (Å²) >= 11 is 0. The minimum atomic E-state index is 0.0548. The second-order valence-corrected chi connectivity index (χ2v) is 5.92. The lowest BCUT2D eigenvalue weighted by Gasteiger charge is -2.21. The zero-order valence-electron chi connectivity index (χ0n) is 13.1. The number of rotatable bonds is 4. The number of furan rings is 1. The first kappa shape index (κ1) is 15.6. The van der Waals surface area contributed by atoms with Crippen LogP contribution in [-0.4, -0.2) is 53.5 Å². The lowest BCUT2D eigenvalue weighted by atomic mass is 10.1. The molecule has 0 atom stereocenters. The van der Waals surface area contributed by atoms with E-state index >= 15 is 0 Å². The Labute approximate surface area is 136 Å². The minimum absolute atomic E-state index is 0.0548. The van der Waals surface area contributed by atoms with E-state index < -0.39 is 0 Å². The number of hydrogen-bond acceptors (Lipinski definition) is 4. The molecule has 5 nitrogen and oxygen atoms in total. The van der Waals surface area contributed by atoms with Crippen LogP contribution in [0.1, 0.15) is 22.3 Å². The molecule has 1 aliphatic heterocycles. The number of amides is 1. The van der Waals surface area contributed by atoms with Gasteiger partial charge < -0.3 is 19.3 Å². The highest BCUT2D eigenvalue weighted by molar-refractivity contribution is 5.93. The molecule has 0 saturated carbocycles. The Morgan fingerprint density at radius 3 is 2.65 bits per heavy atom. The molecule has 1 saturated heterocycles. The van der Waals surface area contributed by atoms with Gasteiger partial charge in [0.1, 0.15) is 12.0 Å². The largest absolute Gasteiger partial charge is 0.508 e. The van der Waals surface area contributed by atoms with Crippen LogP contribution in [0.15, 0.2) is 47.3 Å². The highest BCUT2D eigenvalue weighted by Gasteiger charge is 2.20. The molecule has 1 N–H and O–H groups in total. The number of carbonyl (C=O) groups excluding carboxylic acids is 1. The third-order valence-corrected chi connectivity index (χ3v) is 4.30. The van der Waals surface area contributed by atoms with Crippen LogP contribution in [-0.2, 0) is 6.42 Å². The van der Waals surface area contributed by atoms with E-state index in [2.05, 4.69) is 4.90 Å². The molecule has 0 spiro atoms. The zero-order valence-corrected chi connectivity index (χ0v) is 13.1. The second kappa shape index (κ2) is 7.33. The summed E-state index contributed by atoms with van der Waals surface area (Å²) in [5.74, 6) is 0.357. The molecule has 5 heteroatoms. The van der Waals surface area contributed by atoms with Gasteiger partial charge in [-0.05, 0) is 43.1 Å². The number of nitrogens with zero attached hydrogens (tertiary/aromatic N) is 2. The van der Waals surface area contributed by atoms with E-state index in [1.807, 2.05) is 17.0 Å². The predicted octanol–water partition coefficient (Wildman–Crippen LogP) is 2.38. The van der Waals surface area contributed by atoms with Gasteiger partial charge in [-0.3, -0.25) is 4.79 Å². The van der Waals surface area contributed by atoms with Crippen molar-refractivity contribution in [3.8, 4) is 5.75 Å². The molecular formula is C18H22N2O3. The molecule has 2 aromatic rings. The van der Waals surface area contributed by atoms with Gasteiger partial charge in [0.2, 0.25) is 0 Å². The number of phenolic OH excluding ortho intramolecular Hbond substituents is 1. The van der Waals surface area contributed by atoms with Gasteiger partial charge in [-0.25, -0.2) is 0 Å². The fourth-order valence-corrected chi connectivity index (χ4v) is 2.92. The maximum absolute atomic E-state index is 12.4. The van der Waals surface area contributed by atoms with Crippen molar-refractivity contribution in [2.24, 2.45) is 0 Å². The molecule has 1 aliphatic rings. The van der Waals surface area contributed by atoms with Gasteiger partial charge in [0.05, 0.1) is 11.8 Å². The predicted molar refractivity (Wildman–Crippen MR) is 87.5 cm³/mol. The molecule has 3 rings (SSSR count). The normalized spacial score (nSPS) is 16.3. The molecule has 1 aromatic heterocycles. The Morgan fingerprint density at radius 1 is 1.09 bits per heavy atom. The maximum Gasteiger partial charge on any atom is 0.257 e. The summed E-state index contributed by atoms with van der Waals surface area (Å²) in [5, 5.41) is 9.32. The summed E-state index contributed by atoms with van der Waals surface area (Å²) in [5.41, 5.74) is 1.85. The van der Waals surface area contributed by atoms with Crippen molar-refractivity contribution in [2.75, 3.05) is 32.7 Å². The Balaban J connectivity index is 1.50. The molecule has 1 amide bonds. The van der Waals surface area contributed by atoms with Crippen molar-refractivity contribution < 1.29 is 14.3 Å². The SMILES string of the molecule is O=C(c1ccoc1)N1CCCN(CCc2ccc(O)cc2)CC1. The summed E-state index contributed by atoms with van der Waals surface area (Å²) in [7, 11) is 0. The highest BCUT2D eigenvalue weighted by Crippen LogP contribution is 2.12. The van der Waals surface area contributed by atoms with Crippen LogP contribution in [0.2, 0.25) is 0 Å². The van der Waals surface area contributed by atoms with Crippen LogP contribution in [0.25, 0.3) is 0 Å². The van der Waals surface area contributed by atoms with Crippen LogP contribution in [0.3, 0.4) is 0 Å². The van der Waals surface area contributed by atoms with Crippen molar-refractivity contribution in [2.45, 2.75) is 12.8 Å². The average Bonchev–Trinajstić information content (AvgIpc) is 3.00. The standard InChI is InChI=1S/C18H22N2O3/c21-17-4-2-15(3-5-17)6-10-19-8-1-9-20(12-11-19)18(22)16-7-13-23-14-16/h2-5,7,13-14,21H,1,6,8-12H2. The van der Waals surface area contributed by atoms with Crippen LogP contribution >= 0.6 is 0 Å². The number of carbonyl (C=O) groups is 1. The Bertz CT molecular complexity index is 622. The van der Waals surface area contributed by atoms with Crippen molar-refractivity contribution in [3.05, 3.63) is 54.0 Å². The lowest BCUT2D eigenvalue weighted by Crippen LogP contribution is -2.35. The number of aromatic hydroxyl groups is 1. The van der Waals surface area contributed by atoms with Crippen LogP contribution in [0, 0.1) is 0 Å². The number of benzene rings is 1. The van der Waals surface area contributed by atoms with E-state index in [1.54, 1.807) is 18.2 Å². The molecule has 0 unspecified atom stereocenters.